The Balaban J connectivity index is 1.24. The fourth-order valence-corrected chi connectivity index (χ4v) is 5.08. The van der Waals surface area contributed by atoms with Crippen LogP contribution in [0.25, 0.3) is 5.82 Å². The average molecular weight is 539 g/mol. The van der Waals surface area contributed by atoms with E-state index in [-0.39, 0.29) is 11.4 Å². The van der Waals surface area contributed by atoms with Crippen molar-refractivity contribution in [3.63, 3.8) is 0 Å². The minimum absolute atomic E-state index is 0.0486. The Bertz CT molecular complexity index is 1360. The molecule has 0 saturated carbocycles. The molecule has 0 unspecified atom stereocenters. The second kappa shape index (κ2) is 13.6. The monoisotopic (exact) mass is 538 g/mol. The summed E-state index contributed by atoms with van der Waals surface area (Å²) < 4.78 is 2.10. The van der Waals surface area contributed by atoms with Gasteiger partial charge in [0.15, 0.2) is 0 Å². The van der Waals surface area contributed by atoms with Crippen LogP contribution >= 0.6 is 0 Å². The van der Waals surface area contributed by atoms with Crippen molar-refractivity contribution in [1.29, 1.82) is 0 Å². The van der Waals surface area contributed by atoms with Gasteiger partial charge in [-0.15, -0.1) is 0 Å². The number of carbonyl (C=O) groups is 1. The van der Waals surface area contributed by atoms with Crippen molar-refractivity contribution in [1.82, 2.24) is 20.2 Å². The molecule has 40 heavy (non-hydrogen) atoms. The summed E-state index contributed by atoms with van der Waals surface area (Å²) in [6.07, 6.45) is 4.12. The molecule has 0 aliphatic heterocycles. The smallest absolute Gasteiger partial charge is 0.224 e. The summed E-state index contributed by atoms with van der Waals surface area (Å²) in [5, 5.41) is 17.4. The van der Waals surface area contributed by atoms with E-state index in [9.17, 15) is 9.90 Å². The Labute approximate surface area is 238 Å². The molecule has 1 atom stereocenters. The summed E-state index contributed by atoms with van der Waals surface area (Å²) in [5.74, 6) is 0.900. The summed E-state index contributed by atoms with van der Waals surface area (Å²) in [6.45, 7) is 9.47. The third-order valence-corrected chi connectivity index (χ3v) is 7.24. The lowest BCUT2D eigenvalue weighted by atomic mass is 9.93. The third kappa shape index (κ3) is 8.38. The molecule has 2 aromatic carbocycles. The summed E-state index contributed by atoms with van der Waals surface area (Å²) in [7, 11) is 0. The number of aliphatic hydroxyl groups excluding tert-OH is 1. The maximum absolute atomic E-state index is 12.5. The fourth-order valence-electron chi connectivity index (χ4n) is 5.08. The van der Waals surface area contributed by atoms with Gasteiger partial charge in [0.1, 0.15) is 5.82 Å². The highest BCUT2D eigenvalue weighted by atomic mass is 16.3. The van der Waals surface area contributed by atoms with Gasteiger partial charge in [0.2, 0.25) is 5.91 Å². The number of aryl methyl sites for hydroxylation is 3. The first kappa shape index (κ1) is 29.2. The zero-order valence-corrected chi connectivity index (χ0v) is 24.2. The molecule has 0 saturated heterocycles. The molecule has 210 valence electrons. The van der Waals surface area contributed by atoms with Gasteiger partial charge >= 0.3 is 0 Å². The predicted molar refractivity (Wildman–Crippen MR) is 162 cm³/mol. The Hall–Kier alpha value is -3.74. The van der Waals surface area contributed by atoms with Crippen LogP contribution in [-0.4, -0.2) is 39.2 Å². The number of hydrogen-bond donors (Lipinski definition) is 3. The minimum atomic E-state index is -0.662. The highest BCUT2D eigenvalue weighted by Gasteiger charge is 2.20. The first-order valence-electron chi connectivity index (χ1n) is 14.1. The largest absolute Gasteiger partial charge is 0.387 e. The highest BCUT2D eigenvalue weighted by Crippen LogP contribution is 2.19. The van der Waals surface area contributed by atoms with Crippen molar-refractivity contribution in [3.05, 3.63) is 119 Å². The lowest BCUT2D eigenvalue weighted by molar-refractivity contribution is -0.120. The molecule has 3 N–H and O–H groups in total. The van der Waals surface area contributed by atoms with Crippen LogP contribution in [0.4, 0.5) is 0 Å². The van der Waals surface area contributed by atoms with E-state index in [1.54, 1.807) is 6.20 Å². The summed E-state index contributed by atoms with van der Waals surface area (Å²) in [5.41, 5.74) is 6.26. The summed E-state index contributed by atoms with van der Waals surface area (Å²) >= 11 is 0. The molecule has 0 bridgehead atoms. The maximum Gasteiger partial charge on any atom is 0.224 e. The predicted octanol–water partition coefficient (Wildman–Crippen LogP) is 5.42. The molecule has 4 aromatic rings. The quantitative estimate of drug-likeness (QED) is 0.199. The normalized spacial score (nSPS) is 12.3. The van der Waals surface area contributed by atoms with Crippen LogP contribution in [0.15, 0.2) is 85.1 Å². The van der Waals surface area contributed by atoms with Crippen molar-refractivity contribution >= 4 is 5.91 Å². The molecular weight excluding hydrogens is 496 g/mol. The molecule has 6 nitrogen and oxygen atoms in total. The Morgan fingerprint density at radius 1 is 0.925 bits per heavy atom. The number of β-amino-alcohol motifs (C(OH)–C–C–N with tert-alkyl or cyclic N) is 1. The van der Waals surface area contributed by atoms with Gasteiger partial charge in [0, 0.05) is 41.8 Å². The molecule has 0 radical (unpaired) electrons. The van der Waals surface area contributed by atoms with Crippen LogP contribution in [-0.2, 0) is 24.1 Å². The minimum Gasteiger partial charge on any atom is -0.387 e. The van der Waals surface area contributed by atoms with Crippen LogP contribution in [0, 0.1) is 13.8 Å². The second-order valence-electron chi connectivity index (χ2n) is 11.3. The van der Waals surface area contributed by atoms with E-state index in [0.29, 0.717) is 19.5 Å². The van der Waals surface area contributed by atoms with Gasteiger partial charge in [-0.1, -0.05) is 60.7 Å². The number of amides is 1. The molecule has 0 aliphatic rings. The molecule has 0 spiro atoms. The van der Waals surface area contributed by atoms with E-state index < -0.39 is 6.10 Å². The standard InChI is InChI=1S/C34H42N4O2/c1-25-15-16-26(2)38(25)32-18-17-30(23-36-32)31(39)24-37-34(3,4)22-29-13-8-12-28(20-29)21-33(40)35-19-9-14-27-10-6-5-7-11-27/h5-8,10-13,15-18,20,23,31,37,39H,9,14,19,21-22,24H2,1-4H3,(H,35,40)/t31-/m0/s1. The van der Waals surface area contributed by atoms with E-state index in [2.05, 4.69) is 84.3 Å². The number of nitrogens with zero attached hydrogens (tertiary/aromatic N) is 2. The topological polar surface area (TPSA) is 79.2 Å². The van der Waals surface area contributed by atoms with Crippen LogP contribution < -0.4 is 10.6 Å². The number of pyridine rings is 1. The van der Waals surface area contributed by atoms with E-state index in [4.69, 9.17) is 0 Å². The zero-order chi connectivity index (χ0) is 28.5. The van der Waals surface area contributed by atoms with Gasteiger partial charge in [-0.3, -0.25) is 4.79 Å². The van der Waals surface area contributed by atoms with E-state index in [0.717, 1.165) is 53.2 Å². The fraction of sp³-hybridized carbons (Fsp3) is 0.353. The van der Waals surface area contributed by atoms with Crippen LogP contribution in [0.1, 0.15) is 60.0 Å². The second-order valence-corrected chi connectivity index (χ2v) is 11.3. The number of nitrogens with one attached hydrogen (secondary N) is 2. The Kier molecular flexibility index (Phi) is 9.91. The number of carbonyl (C=O) groups excluding carboxylic acids is 1. The molecule has 1 amide bonds. The average Bonchev–Trinajstić information content (AvgIpc) is 3.28. The molecule has 4 rings (SSSR count). The SMILES string of the molecule is Cc1ccc(C)n1-c1ccc([C@@H](O)CNC(C)(C)Cc2cccc(CC(=O)NCCCc3ccccc3)c2)cn1. The number of rotatable bonds is 13. The van der Waals surface area contributed by atoms with E-state index in [1.807, 2.05) is 42.5 Å². The lowest BCUT2D eigenvalue weighted by Gasteiger charge is -2.28. The lowest BCUT2D eigenvalue weighted by Crippen LogP contribution is -2.43. The molecule has 6 heteroatoms. The van der Waals surface area contributed by atoms with Gasteiger partial charge in [0.05, 0.1) is 12.5 Å². The van der Waals surface area contributed by atoms with Crippen molar-refractivity contribution in [3.8, 4) is 5.82 Å². The maximum atomic E-state index is 12.5. The van der Waals surface area contributed by atoms with Crippen LogP contribution in [0.3, 0.4) is 0 Å². The number of hydrogen-bond acceptors (Lipinski definition) is 4. The van der Waals surface area contributed by atoms with E-state index >= 15 is 0 Å². The van der Waals surface area contributed by atoms with Gasteiger partial charge in [-0.2, -0.15) is 0 Å². The van der Waals surface area contributed by atoms with Gasteiger partial charge in [-0.05, 0) is 81.8 Å². The van der Waals surface area contributed by atoms with E-state index in [1.165, 1.54) is 5.56 Å². The van der Waals surface area contributed by atoms with Crippen molar-refractivity contribution in [2.75, 3.05) is 13.1 Å². The van der Waals surface area contributed by atoms with Gasteiger partial charge in [0.25, 0.3) is 0 Å². The van der Waals surface area contributed by atoms with Gasteiger partial charge in [-0.25, -0.2) is 4.98 Å². The summed E-state index contributed by atoms with van der Waals surface area (Å²) in [4.78, 5) is 17.1. The molecule has 0 aliphatic carbocycles. The van der Waals surface area contributed by atoms with Crippen molar-refractivity contribution < 1.29 is 9.90 Å². The number of aromatic nitrogens is 2. The van der Waals surface area contributed by atoms with Crippen molar-refractivity contribution in [2.24, 2.45) is 0 Å². The molecular formula is C34H42N4O2. The molecule has 2 aromatic heterocycles. The van der Waals surface area contributed by atoms with Gasteiger partial charge < -0.3 is 20.3 Å². The van der Waals surface area contributed by atoms with Crippen LogP contribution in [0.5, 0.6) is 0 Å². The Morgan fingerprint density at radius 3 is 2.33 bits per heavy atom. The van der Waals surface area contributed by atoms with Crippen LogP contribution in [0.2, 0.25) is 0 Å². The Morgan fingerprint density at radius 2 is 1.62 bits per heavy atom. The van der Waals surface area contributed by atoms with Crippen molar-refractivity contribution in [2.45, 2.75) is 65.0 Å². The molecule has 2 heterocycles. The number of aliphatic hydroxyl groups is 1. The molecule has 0 fully saturated rings. The highest BCUT2D eigenvalue weighted by molar-refractivity contribution is 5.78. The number of benzene rings is 2. The summed E-state index contributed by atoms with van der Waals surface area (Å²) in [6, 6.07) is 26.6. The first-order valence-corrected chi connectivity index (χ1v) is 14.1. The zero-order valence-electron chi connectivity index (χ0n) is 24.2. The first-order chi connectivity index (χ1) is 19.2. The third-order valence-electron chi connectivity index (χ3n) is 7.24.